The highest BCUT2D eigenvalue weighted by molar-refractivity contribution is 5.82. The van der Waals surface area contributed by atoms with Crippen LogP contribution in [0, 0.1) is 5.92 Å². The minimum atomic E-state index is -0.828. The average molecular weight is 396 g/mol. The molecule has 0 heterocycles. The largest absolute Gasteiger partial charge is 0.481 e. The molecule has 1 unspecified atom stereocenters. The van der Waals surface area contributed by atoms with Gasteiger partial charge in [0.15, 0.2) is 0 Å². The van der Waals surface area contributed by atoms with E-state index < -0.39 is 11.9 Å². The van der Waals surface area contributed by atoms with Crippen molar-refractivity contribution in [3.05, 3.63) is 12.2 Å². The molecule has 0 saturated heterocycles. The Morgan fingerprint density at radius 1 is 0.786 bits per heavy atom. The van der Waals surface area contributed by atoms with E-state index in [1.807, 2.05) is 13.8 Å². The van der Waals surface area contributed by atoms with Gasteiger partial charge in [0, 0.05) is 19.5 Å². The zero-order chi connectivity index (χ0) is 21.0. The molecule has 1 amide bonds. The van der Waals surface area contributed by atoms with E-state index in [2.05, 4.69) is 19.1 Å². The van der Waals surface area contributed by atoms with Gasteiger partial charge in [-0.15, -0.1) is 0 Å². The third-order valence-electron chi connectivity index (χ3n) is 5.46. The van der Waals surface area contributed by atoms with Crippen LogP contribution in [0.15, 0.2) is 12.2 Å². The second-order valence-electron chi connectivity index (χ2n) is 7.80. The predicted molar refractivity (Wildman–Crippen MR) is 119 cm³/mol. The van der Waals surface area contributed by atoms with Gasteiger partial charge in [-0.25, -0.2) is 0 Å². The van der Waals surface area contributed by atoms with Crippen LogP contribution in [-0.4, -0.2) is 35.0 Å². The van der Waals surface area contributed by atoms with Crippen molar-refractivity contribution in [1.82, 2.24) is 4.90 Å². The van der Waals surface area contributed by atoms with Gasteiger partial charge in [0.1, 0.15) is 0 Å². The van der Waals surface area contributed by atoms with Crippen molar-refractivity contribution in [2.75, 3.05) is 13.1 Å². The van der Waals surface area contributed by atoms with Gasteiger partial charge in [-0.05, 0) is 39.5 Å². The molecule has 164 valence electrons. The summed E-state index contributed by atoms with van der Waals surface area (Å²) in [5.74, 6) is -1.38. The molecule has 0 spiro atoms. The van der Waals surface area contributed by atoms with Crippen molar-refractivity contribution >= 4 is 11.9 Å². The molecule has 0 radical (unpaired) electrons. The fourth-order valence-electron chi connectivity index (χ4n) is 3.58. The summed E-state index contributed by atoms with van der Waals surface area (Å²) in [6, 6.07) is 0. The second-order valence-corrected chi connectivity index (χ2v) is 7.80. The van der Waals surface area contributed by atoms with Gasteiger partial charge in [-0.3, -0.25) is 9.59 Å². The monoisotopic (exact) mass is 395 g/mol. The molecule has 0 saturated carbocycles. The number of unbranched alkanes of at least 4 members (excludes halogenated alkanes) is 10. The highest BCUT2D eigenvalue weighted by atomic mass is 16.4. The minimum Gasteiger partial charge on any atom is -0.481 e. The number of carbonyl (C=O) groups excluding carboxylic acids is 1. The number of carbonyl (C=O) groups is 2. The fraction of sp³-hybridized carbons (Fsp3) is 0.833. The molecule has 0 aliphatic heterocycles. The van der Waals surface area contributed by atoms with Crippen molar-refractivity contribution in [3.63, 3.8) is 0 Å². The summed E-state index contributed by atoms with van der Waals surface area (Å²) in [5.41, 5.74) is 0. The summed E-state index contributed by atoms with van der Waals surface area (Å²) in [6.45, 7) is 7.34. The third kappa shape index (κ3) is 14.7. The van der Waals surface area contributed by atoms with Crippen molar-refractivity contribution in [3.8, 4) is 0 Å². The molecule has 0 rings (SSSR count). The maximum Gasteiger partial charge on any atom is 0.307 e. The first-order valence-corrected chi connectivity index (χ1v) is 11.7. The van der Waals surface area contributed by atoms with E-state index in [-0.39, 0.29) is 12.3 Å². The standard InChI is InChI=1S/C24H45NO3/c1-4-7-8-9-10-11-12-13-14-15-16-17-18-19-20-22(24(27)28)21-23(26)25(5-2)6-3/h7-8,22H,4-6,9-21H2,1-3H3,(H,27,28)/b8-7+. The van der Waals surface area contributed by atoms with E-state index in [1.165, 1.54) is 57.8 Å². The normalized spacial score (nSPS) is 12.4. The summed E-state index contributed by atoms with van der Waals surface area (Å²) < 4.78 is 0. The molecule has 0 fully saturated rings. The lowest BCUT2D eigenvalue weighted by Gasteiger charge is -2.21. The number of aliphatic carboxylic acids is 1. The maximum absolute atomic E-state index is 12.1. The average Bonchev–Trinajstić information content (AvgIpc) is 2.68. The SMILES string of the molecule is CC/C=C/CCCCCCCCCCCCC(CC(=O)N(CC)CC)C(=O)O. The van der Waals surface area contributed by atoms with Crippen LogP contribution in [0.2, 0.25) is 0 Å². The first-order chi connectivity index (χ1) is 13.6. The van der Waals surface area contributed by atoms with Gasteiger partial charge in [-0.1, -0.05) is 76.9 Å². The molecular weight excluding hydrogens is 350 g/mol. The quantitative estimate of drug-likeness (QED) is 0.198. The highest BCUT2D eigenvalue weighted by Gasteiger charge is 2.22. The maximum atomic E-state index is 12.1. The topological polar surface area (TPSA) is 57.6 Å². The van der Waals surface area contributed by atoms with Crippen LogP contribution < -0.4 is 0 Å². The molecule has 1 atom stereocenters. The van der Waals surface area contributed by atoms with E-state index in [1.54, 1.807) is 4.90 Å². The number of allylic oxidation sites excluding steroid dienone is 2. The van der Waals surface area contributed by atoms with Gasteiger partial charge in [0.25, 0.3) is 0 Å². The van der Waals surface area contributed by atoms with E-state index in [4.69, 9.17) is 0 Å². The lowest BCUT2D eigenvalue weighted by molar-refractivity contribution is -0.146. The van der Waals surface area contributed by atoms with Crippen LogP contribution in [0.25, 0.3) is 0 Å². The number of hydrogen-bond acceptors (Lipinski definition) is 2. The molecular formula is C24H45NO3. The number of carboxylic acids is 1. The van der Waals surface area contributed by atoms with Gasteiger partial charge in [0.2, 0.25) is 5.91 Å². The van der Waals surface area contributed by atoms with Gasteiger partial charge < -0.3 is 10.0 Å². The number of hydrogen-bond donors (Lipinski definition) is 1. The van der Waals surface area contributed by atoms with Gasteiger partial charge in [0.05, 0.1) is 5.92 Å². The predicted octanol–water partition coefficient (Wildman–Crippen LogP) is 6.59. The van der Waals surface area contributed by atoms with Crippen LogP contribution in [0.4, 0.5) is 0 Å². The smallest absolute Gasteiger partial charge is 0.307 e. The Balaban J connectivity index is 3.64. The van der Waals surface area contributed by atoms with E-state index in [9.17, 15) is 14.7 Å². The first kappa shape index (κ1) is 26.7. The molecule has 0 bridgehead atoms. The number of nitrogens with zero attached hydrogens (tertiary/aromatic N) is 1. The van der Waals surface area contributed by atoms with Crippen LogP contribution in [0.3, 0.4) is 0 Å². The highest BCUT2D eigenvalue weighted by Crippen LogP contribution is 2.18. The fourth-order valence-corrected chi connectivity index (χ4v) is 3.58. The van der Waals surface area contributed by atoms with Crippen LogP contribution in [-0.2, 0) is 9.59 Å². The van der Waals surface area contributed by atoms with E-state index in [0.29, 0.717) is 19.5 Å². The lowest BCUT2D eigenvalue weighted by atomic mass is 9.96. The Labute approximate surface area is 173 Å². The van der Waals surface area contributed by atoms with E-state index >= 15 is 0 Å². The Morgan fingerprint density at radius 3 is 1.75 bits per heavy atom. The van der Waals surface area contributed by atoms with Crippen molar-refractivity contribution in [1.29, 1.82) is 0 Å². The molecule has 4 heteroatoms. The Kier molecular flexibility index (Phi) is 18.1. The van der Waals surface area contributed by atoms with Crippen molar-refractivity contribution < 1.29 is 14.7 Å². The van der Waals surface area contributed by atoms with Gasteiger partial charge >= 0.3 is 5.97 Å². The molecule has 4 nitrogen and oxygen atoms in total. The van der Waals surface area contributed by atoms with Gasteiger partial charge in [-0.2, -0.15) is 0 Å². The van der Waals surface area contributed by atoms with Crippen LogP contribution >= 0.6 is 0 Å². The Hall–Kier alpha value is -1.32. The summed E-state index contributed by atoms with van der Waals surface area (Å²) in [7, 11) is 0. The first-order valence-electron chi connectivity index (χ1n) is 11.7. The molecule has 0 aromatic heterocycles. The van der Waals surface area contributed by atoms with Crippen LogP contribution in [0.5, 0.6) is 0 Å². The minimum absolute atomic E-state index is 0.0289. The number of amides is 1. The zero-order valence-corrected chi connectivity index (χ0v) is 18.8. The number of rotatable bonds is 19. The molecule has 28 heavy (non-hydrogen) atoms. The lowest BCUT2D eigenvalue weighted by Crippen LogP contribution is -2.33. The second kappa shape index (κ2) is 19.0. The molecule has 0 aliphatic rings. The summed E-state index contributed by atoms with van der Waals surface area (Å²) >= 11 is 0. The Bertz CT molecular complexity index is 416. The molecule has 0 aromatic rings. The van der Waals surface area contributed by atoms with Crippen molar-refractivity contribution in [2.45, 2.75) is 111 Å². The molecule has 0 aromatic carbocycles. The zero-order valence-electron chi connectivity index (χ0n) is 18.8. The summed E-state index contributed by atoms with van der Waals surface area (Å²) in [5, 5.41) is 9.38. The van der Waals surface area contributed by atoms with Crippen molar-refractivity contribution in [2.24, 2.45) is 5.92 Å². The van der Waals surface area contributed by atoms with E-state index in [0.717, 1.165) is 19.3 Å². The summed E-state index contributed by atoms with van der Waals surface area (Å²) in [6.07, 6.45) is 20.1. The van der Waals surface area contributed by atoms with Crippen LogP contribution in [0.1, 0.15) is 111 Å². The molecule has 1 N–H and O–H groups in total. The number of carboxylic acid groups (broad SMARTS) is 1. The molecule has 0 aliphatic carbocycles. The third-order valence-corrected chi connectivity index (χ3v) is 5.46. The summed E-state index contributed by atoms with van der Waals surface area (Å²) in [4.78, 5) is 25.3. The Morgan fingerprint density at radius 2 is 1.29 bits per heavy atom.